The van der Waals surface area contributed by atoms with Crippen molar-refractivity contribution < 1.29 is 5.11 Å². The van der Waals surface area contributed by atoms with E-state index in [1.54, 1.807) is 0 Å². The van der Waals surface area contributed by atoms with E-state index in [2.05, 4.69) is 33.9 Å². The van der Waals surface area contributed by atoms with Crippen molar-refractivity contribution in [1.82, 2.24) is 4.98 Å². The largest absolute Gasteiger partial charge is 0.393 e. The quantitative estimate of drug-likeness (QED) is 0.896. The van der Waals surface area contributed by atoms with Crippen LogP contribution in [0.4, 0.5) is 0 Å². The Morgan fingerprint density at radius 3 is 2.93 bits per heavy atom. The van der Waals surface area contributed by atoms with Crippen LogP contribution in [0.1, 0.15) is 31.9 Å². The summed E-state index contributed by atoms with van der Waals surface area (Å²) in [4.78, 5) is 4.38. The van der Waals surface area contributed by atoms with Crippen molar-refractivity contribution in [2.45, 2.75) is 38.7 Å². The Labute approximate surface area is 98.9 Å². The fourth-order valence-electron chi connectivity index (χ4n) is 2.40. The molecule has 1 aliphatic carbocycles. The fourth-order valence-corrected chi connectivity index (χ4v) is 2.63. The van der Waals surface area contributed by atoms with Crippen molar-refractivity contribution in [3.05, 3.63) is 28.5 Å². The summed E-state index contributed by atoms with van der Waals surface area (Å²) in [5.74, 6) is 0. The van der Waals surface area contributed by atoms with Crippen LogP contribution in [0.5, 0.6) is 0 Å². The third-order valence-corrected chi connectivity index (χ3v) is 3.68. The molecule has 2 atom stereocenters. The summed E-state index contributed by atoms with van der Waals surface area (Å²) < 4.78 is 1.02. The highest BCUT2D eigenvalue weighted by Gasteiger charge is 2.34. The second-order valence-electron chi connectivity index (χ2n) is 4.85. The zero-order chi connectivity index (χ0) is 10.9. The van der Waals surface area contributed by atoms with Gasteiger partial charge in [0, 0.05) is 16.4 Å². The van der Waals surface area contributed by atoms with Crippen LogP contribution in [-0.4, -0.2) is 16.2 Å². The number of aromatic nitrogens is 1. The molecule has 1 aromatic rings. The lowest BCUT2D eigenvalue weighted by Crippen LogP contribution is -2.17. The van der Waals surface area contributed by atoms with E-state index in [1.165, 1.54) is 0 Å². The van der Waals surface area contributed by atoms with Gasteiger partial charge in [0.15, 0.2) is 0 Å². The van der Waals surface area contributed by atoms with Crippen LogP contribution < -0.4 is 0 Å². The molecule has 0 bridgehead atoms. The number of aliphatic hydroxyl groups is 1. The van der Waals surface area contributed by atoms with Crippen molar-refractivity contribution >= 4 is 15.9 Å². The predicted octanol–water partition coefficient (Wildman–Crippen LogP) is 2.94. The molecule has 1 saturated carbocycles. The molecule has 1 aliphatic rings. The van der Waals surface area contributed by atoms with Gasteiger partial charge in [-0.1, -0.05) is 6.92 Å². The Hall–Kier alpha value is -0.410. The van der Waals surface area contributed by atoms with Gasteiger partial charge in [-0.05, 0) is 59.2 Å². The molecule has 0 aliphatic heterocycles. The van der Waals surface area contributed by atoms with Gasteiger partial charge in [-0.2, -0.15) is 0 Å². The van der Waals surface area contributed by atoms with Gasteiger partial charge in [-0.3, -0.25) is 4.98 Å². The molecule has 2 rings (SSSR count). The van der Waals surface area contributed by atoms with Crippen LogP contribution in [0.3, 0.4) is 0 Å². The molecule has 0 radical (unpaired) electrons. The van der Waals surface area contributed by atoms with Crippen LogP contribution in [0.25, 0.3) is 0 Å². The summed E-state index contributed by atoms with van der Waals surface area (Å²) in [5.41, 5.74) is 1.36. The Kier molecular flexibility index (Phi) is 3.12. The van der Waals surface area contributed by atoms with Gasteiger partial charge in [0.25, 0.3) is 0 Å². The van der Waals surface area contributed by atoms with E-state index in [1.807, 2.05) is 12.3 Å². The second-order valence-corrected chi connectivity index (χ2v) is 5.77. The second kappa shape index (κ2) is 4.22. The minimum absolute atomic E-state index is 0.106. The average Bonchev–Trinajstić information content (AvgIpc) is 2.50. The zero-order valence-corrected chi connectivity index (χ0v) is 10.5. The lowest BCUT2D eigenvalue weighted by molar-refractivity contribution is 0.163. The lowest BCUT2D eigenvalue weighted by atomic mass is 9.83. The van der Waals surface area contributed by atoms with Crippen LogP contribution in [0, 0.1) is 5.41 Å². The molecule has 15 heavy (non-hydrogen) atoms. The molecule has 2 unspecified atom stereocenters. The van der Waals surface area contributed by atoms with E-state index in [0.717, 1.165) is 35.8 Å². The molecular weight excluding hydrogens is 254 g/mol. The van der Waals surface area contributed by atoms with Gasteiger partial charge in [-0.15, -0.1) is 0 Å². The maximum absolute atomic E-state index is 9.56. The molecule has 0 spiro atoms. The predicted molar refractivity (Wildman–Crippen MR) is 63.6 cm³/mol. The average molecular weight is 270 g/mol. The molecule has 3 heteroatoms. The third kappa shape index (κ3) is 2.79. The minimum atomic E-state index is -0.106. The summed E-state index contributed by atoms with van der Waals surface area (Å²) in [7, 11) is 0. The zero-order valence-electron chi connectivity index (χ0n) is 8.91. The van der Waals surface area contributed by atoms with Gasteiger partial charge in [0.2, 0.25) is 0 Å². The third-order valence-electron chi connectivity index (χ3n) is 3.21. The number of rotatable bonds is 2. The molecule has 82 valence electrons. The summed E-state index contributed by atoms with van der Waals surface area (Å²) in [6.07, 6.45) is 5.65. The highest BCUT2D eigenvalue weighted by Crippen LogP contribution is 2.40. The number of aliphatic hydroxyl groups excluding tert-OH is 1. The molecule has 0 saturated heterocycles. The SMILES string of the molecule is CC1(Cc2ccc(Br)cn2)CCC(O)C1. The normalized spacial score (nSPS) is 30.7. The van der Waals surface area contributed by atoms with E-state index in [9.17, 15) is 5.11 Å². The maximum Gasteiger partial charge on any atom is 0.0545 e. The van der Waals surface area contributed by atoms with Crippen LogP contribution >= 0.6 is 15.9 Å². The van der Waals surface area contributed by atoms with E-state index < -0.39 is 0 Å². The fraction of sp³-hybridized carbons (Fsp3) is 0.583. The van der Waals surface area contributed by atoms with Crippen molar-refractivity contribution in [1.29, 1.82) is 0 Å². The van der Waals surface area contributed by atoms with E-state index in [4.69, 9.17) is 0 Å². The lowest BCUT2D eigenvalue weighted by Gasteiger charge is -2.22. The van der Waals surface area contributed by atoms with Gasteiger partial charge in [-0.25, -0.2) is 0 Å². The molecule has 1 aromatic heterocycles. The van der Waals surface area contributed by atoms with Crippen molar-refractivity contribution in [3.8, 4) is 0 Å². The standard InChI is InChI=1S/C12H16BrNO/c1-12(5-4-11(15)7-12)6-10-3-2-9(13)8-14-10/h2-3,8,11,15H,4-7H2,1H3. The first-order valence-electron chi connectivity index (χ1n) is 5.36. The van der Waals surface area contributed by atoms with E-state index >= 15 is 0 Å². The van der Waals surface area contributed by atoms with Crippen LogP contribution in [0.2, 0.25) is 0 Å². The Bertz CT molecular complexity index is 338. The number of hydrogen-bond donors (Lipinski definition) is 1. The number of pyridine rings is 1. The first-order valence-corrected chi connectivity index (χ1v) is 6.15. The topological polar surface area (TPSA) is 33.1 Å². The molecule has 1 N–H and O–H groups in total. The smallest absolute Gasteiger partial charge is 0.0545 e. The monoisotopic (exact) mass is 269 g/mol. The Morgan fingerprint density at radius 2 is 2.40 bits per heavy atom. The molecule has 1 fully saturated rings. The van der Waals surface area contributed by atoms with E-state index in [-0.39, 0.29) is 11.5 Å². The van der Waals surface area contributed by atoms with Gasteiger partial charge < -0.3 is 5.11 Å². The molecule has 0 aromatic carbocycles. The maximum atomic E-state index is 9.56. The molecule has 1 heterocycles. The van der Waals surface area contributed by atoms with Crippen molar-refractivity contribution in [2.24, 2.45) is 5.41 Å². The summed E-state index contributed by atoms with van der Waals surface area (Å²) in [6.45, 7) is 2.24. The molecule has 0 amide bonds. The number of halogens is 1. The summed E-state index contributed by atoms with van der Waals surface area (Å²) >= 11 is 3.38. The minimum Gasteiger partial charge on any atom is -0.393 e. The Morgan fingerprint density at radius 1 is 1.60 bits per heavy atom. The molecule has 2 nitrogen and oxygen atoms in total. The number of nitrogens with zero attached hydrogens (tertiary/aromatic N) is 1. The van der Waals surface area contributed by atoms with Crippen LogP contribution in [-0.2, 0) is 6.42 Å². The van der Waals surface area contributed by atoms with Crippen molar-refractivity contribution in [3.63, 3.8) is 0 Å². The Balaban J connectivity index is 2.05. The van der Waals surface area contributed by atoms with Crippen molar-refractivity contribution in [2.75, 3.05) is 0 Å². The van der Waals surface area contributed by atoms with Crippen LogP contribution in [0.15, 0.2) is 22.8 Å². The highest BCUT2D eigenvalue weighted by molar-refractivity contribution is 9.10. The molecular formula is C12H16BrNO. The summed E-state index contributed by atoms with van der Waals surface area (Å²) in [6, 6.07) is 4.08. The van der Waals surface area contributed by atoms with Gasteiger partial charge >= 0.3 is 0 Å². The number of hydrogen-bond acceptors (Lipinski definition) is 2. The van der Waals surface area contributed by atoms with Gasteiger partial charge in [0.05, 0.1) is 6.10 Å². The highest BCUT2D eigenvalue weighted by atomic mass is 79.9. The first-order chi connectivity index (χ1) is 7.07. The van der Waals surface area contributed by atoms with Gasteiger partial charge in [0.1, 0.15) is 0 Å². The van der Waals surface area contributed by atoms with E-state index in [0.29, 0.717) is 0 Å². The summed E-state index contributed by atoms with van der Waals surface area (Å²) in [5, 5.41) is 9.56. The first kappa shape index (κ1) is 11.1.